The van der Waals surface area contributed by atoms with E-state index in [1.807, 2.05) is 31.2 Å². The fourth-order valence-electron chi connectivity index (χ4n) is 2.17. The maximum Gasteiger partial charge on any atom is 0.247 e. The monoisotopic (exact) mass is 275 g/mol. The molecule has 0 saturated heterocycles. The molecule has 1 amide bonds. The normalized spacial score (nSPS) is 15.1. The second-order valence-corrected chi connectivity index (χ2v) is 5.04. The van der Waals surface area contributed by atoms with Crippen molar-refractivity contribution >= 4 is 11.5 Å². The average molecular weight is 275 g/mol. The van der Waals surface area contributed by atoms with Crippen LogP contribution in [0, 0.1) is 0 Å². The van der Waals surface area contributed by atoms with E-state index in [1.54, 1.807) is 18.1 Å². The molecule has 0 unspecified atom stereocenters. The number of hydrogen-bond donors (Lipinski definition) is 1. The molecule has 0 heterocycles. The van der Waals surface area contributed by atoms with Crippen LogP contribution in [0.25, 0.3) is 5.57 Å². The molecule has 0 atom stereocenters. The molecule has 0 radical (unpaired) electrons. The van der Waals surface area contributed by atoms with Gasteiger partial charge >= 0.3 is 0 Å². The summed E-state index contributed by atoms with van der Waals surface area (Å²) in [6, 6.07) is 7.94. The molecule has 0 aliphatic heterocycles. The van der Waals surface area contributed by atoms with Gasteiger partial charge in [-0.05, 0) is 43.0 Å². The van der Waals surface area contributed by atoms with Gasteiger partial charge in [0.2, 0.25) is 5.91 Å². The second kappa shape index (κ2) is 6.57. The summed E-state index contributed by atoms with van der Waals surface area (Å²) in [6.07, 6.45) is 3.73. The molecular weight excluding hydrogens is 254 g/mol. The van der Waals surface area contributed by atoms with E-state index >= 15 is 0 Å². The van der Waals surface area contributed by atoms with E-state index in [9.17, 15) is 4.79 Å². The van der Waals surface area contributed by atoms with Gasteiger partial charge < -0.3 is 14.7 Å². The number of aliphatic hydroxyl groups is 1. The molecule has 1 aromatic carbocycles. The minimum Gasteiger partial charge on any atom is -0.497 e. The van der Waals surface area contributed by atoms with Crippen LogP contribution in [-0.2, 0) is 4.79 Å². The van der Waals surface area contributed by atoms with Gasteiger partial charge in [0, 0.05) is 18.7 Å². The first-order valence-electron chi connectivity index (χ1n) is 6.90. The largest absolute Gasteiger partial charge is 0.497 e. The number of rotatable bonds is 6. The Labute approximate surface area is 119 Å². The third kappa shape index (κ3) is 3.61. The first kappa shape index (κ1) is 14.6. The number of benzene rings is 1. The summed E-state index contributed by atoms with van der Waals surface area (Å²) in [4.78, 5) is 14.0. The standard InChI is InChI=1S/C16H21NO3/c1-12(13-3-7-15(20-2)8-4-13)11-16(19)17(9-10-18)14-5-6-14/h3-4,7-8,11,14,18H,5-6,9-10H2,1-2H3/b12-11+. The van der Waals surface area contributed by atoms with E-state index in [2.05, 4.69) is 0 Å². The van der Waals surface area contributed by atoms with E-state index in [0.717, 1.165) is 29.7 Å². The lowest BCUT2D eigenvalue weighted by molar-refractivity contribution is -0.127. The van der Waals surface area contributed by atoms with Gasteiger partial charge in [-0.1, -0.05) is 12.1 Å². The lowest BCUT2D eigenvalue weighted by Crippen LogP contribution is -2.34. The van der Waals surface area contributed by atoms with Crippen molar-refractivity contribution < 1.29 is 14.6 Å². The predicted octanol–water partition coefficient (Wildman–Crippen LogP) is 2.08. The van der Waals surface area contributed by atoms with Crippen LogP contribution in [0.15, 0.2) is 30.3 Å². The van der Waals surface area contributed by atoms with Crippen molar-refractivity contribution in [1.82, 2.24) is 4.90 Å². The number of amides is 1. The Bertz CT molecular complexity index is 489. The summed E-state index contributed by atoms with van der Waals surface area (Å²) in [5, 5.41) is 9.04. The zero-order valence-electron chi connectivity index (χ0n) is 12.0. The van der Waals surface area contributed by atoms with Crippen molar-refractivity contribution in [3.8, 4) is 5.75 Å². The SMILES string of the molecule is COc1ccc(/C(C)=C/C(=O)N(CCO)C2CC2)cc1. The molecule has 0 spiro atoms. The molecule has 2 rings (SSSR count). The van der Waals surface area contributed by atoms with E-state index in [1.165, 1.54) is 0 Å². The summed E-state index contributed by atoms with van der Waals surface area (Å²) in [7, 11) is 1.63. The van der Waals surface area contributed by atoms with Gasteiger partial charge in [-0.3, -0.25) is 4.79 Å². The van der Waals surface area contributed by atoms with Crippen molar-refractivity contribution in [2.45, 2.75) is 25.8 Å². The fourth-order valence-corrected chi connectivity index (χ4v) is 2.17. The summed E-state index contributed by atoms with van der Waals surface area (Å²) in [6.45, 7) is 2.34. The van der Waals surface area contributed by atoms with Crippen molar-refractivity contribution in [3.63, 3.8) is 0 Å². The fraction of sp³-hybridized carbons (Fsp3) is 0.438. The van der Waals surface area contributed by atoms with Gasteiger partial charge in [-0.25, -0.2) is 0 Å². The van der Waals surface area contributed by atoms with E-state index < -0.39 is 0 Å². The highest BCUT2D eigenvalue weighted by molar-refractivity contribution is 5.95. The van der Waals surface area contributed by atoms with Crippen molar-refractivity contribution in [3.05, 3.63) is 35.9 Å². The Hall–Kier alpha value is -1.81. The molecule has 0 aromatic heterocycles. The Kier molecular flexibility index (Phi) is 4.79. The number of methoxy groups -OCH3 is 1. The molecule has 108 valence electrons. The first-order valence-corrected chi connectivity index (χ1v) is 6.90. The van der Waals surface area contributed by atoms with Crippen molar-refractivity contribution in [2.24, 2.45) is 0 Å². The van der Waals surface area contributed by atoms with Crippen LogP contribution in [0.2, 0.25) is 0 Å². The van der Waals surface area contributed by atoms with Gasteiger partial charge in [0.1, 0.15) is 5.75 Å². The molecule has 1 saturated carbocycles. The van der Waals surface area contributed by atoms with Gasteiger partial charge in [0.15, 0.2) is 0 Å². The Morgan fingerprint density at radius 1 is 1.40 bits per heavy atom. The van der Waals surface area contributed by atoms with Crippen LogP contribution in [0.4, 0.5) is 0 Å². The zero-order chi connectivity index (χ0) is 14.5. The van der Waals surface area contributed by atoms with Crippen LogP contribution >= 0.6 is 0 Å². The first-order chi connectivity index (χ1) is 9.65. The lowest BCUT2D eigenvalue weighted by Gasteiger charge is -2.19. The third-order valence-corrected chi connectivity index (χ3v) is 3.50. The van der Waals surface area contributed by atoms with Crippen LogP contribution in [0.3, 0.4) is 0 Å². The van der Waals surface area contributed by atoms with Crippen LogP contribution in [0.1, 0.15) is 25.3 Å². The molecule has 1 aliphatic carbocycles. The molecule has 4 heteroatoms. The van der Waals surface area contributed by atoms with Gasteiger partial charge in [0.25, 0.3) is 0 Å². The third-order valence-electron chi connectivity index (χ3n) is 3.50. The Morgan fingerprint density at radius 3 is 2.55 bits per heavy atom. The summed E-state index contributed by atoms with van der Waals surface area (Å²) < 4.78 is 5.12. The maximum absolute atomic E-state index is 12.2. The lowest BCUT2D eigenvalue weighted by atomic mass is 10.1. The number of allylic oxidation sites excluding steroid dienone is 1. The van der Waals surface area contributed by atoms with Crippen molar-refractivity contribution in [2.75, 3.05) is 20.3 Å². The summed E-state index contributed by atoms with van der Waals surface area (Å²) >= 11 is 0. The predicted molar refractivity (Wildman–Crippen MR) is 78.5 cm³/mol. The smallest absolute Gasteiger partial charge is 0.247 e. The topological polar surface area (TPSA) is 49.8 Å². The number of carbonyl (C=O) groups is 1. The second-order valence-electron chi connectivity index (χ2n) is 5.04. The van der Waals surface area contributed by atoms with Crippen LogP contribution in [-0.4, -0.2) is 42.2 Å². The summed E-state index contributed by atoms with van der Waals surface area (Å²) in [5.41, 5.74) is 1.92. The molecular formula is C16H21NO3. The minimum absolute atomic E-state index is 0.0116. The summed E-state index contributed by atoms with van der Waals surface area (Å²) in [5.74, 6) is 0.780. The number of carbonyl (C=O) groups excluding carboxylic acids is 1. The molecule has 1 fully saturated rings. The van der Waals surface area contributed by atoms with E-state index in [0.29, 0.717) is 12.6 Å². The highest BCUT2D eigenvalue weighted by Crippen LogP contribution is 2.27. The zero-order valence-corrected chi connectivity index (χ0v) is 12.0. The quantitative estimate of drug-likeness (QED) is 0.809. The van der Waals surface area contributed by atoms with E-state index in [-0.39, 0.29) is 12.5 Å². The number of nitrogens with zero attached hydrogens (tertiary/aromatic N) is 1. The van der Waals surface area contributed by atoms with Gasteiger partial charge in [-0.2, -0.15) is 0 Å². The van der Waals surface area contributed by atoms with Gasteiger partial charge in [0.05, 0.1) is 13.7 Å². The van der Waals surface area contributed by atoms with Crippen LogP contribution in [0.5, 0.6) is 5.75 Å². The number of ether oxygens (including phenoxy) is 1. The van der Waals surface area contributed by atoms with E-state index in [4.69, 9.17) is 9.84 Å². The average Bonchev–Trinajstić information content (AvgIpc) is 3.29. The molecule has 20 heavy (non-hydrogen) atoms. The Balaban J connectivity index is 2.09. The highest BCUT2D eigenvalue weighted by Gasteiger charge is 2.31. The number of hydrogen-bond acceptors (Lipinski definition) is 3. The molecule has 4 nitrogen and oxygen atoms in total. The highest BCUT2D eigenvalue weighted by atomic mass is 16.5. The van der Waals surface area contributed by atoms with Gasteiger partial charge in [-0.15, -0.1) is 0 Å². The van der Waals surface area contributed by atoms with Crippen molar-refractivity contribution in [1.29, 1.82) is 0 Å². The molecule has 1 N–H and O–H groups in total. The molecule has 1 aliphatic rings. The number of aliphatic hydroxyl groups excluding tert-OH is 1. The molecule has 1 aromatic rings. The Morgan fingerprint density at radius 2 is 2.05 bits per heavy atom. The minimum atomic E-state index is -0.0186. The van der Waals surface area contributed by atoms with Crippen LogP contribution < -0.4 is 4.74 Å². The maximum atomic E-state index is 12.2. The molecule has 0 bridgehead atoms.